The number of ether oxygens (including phenoxy) is 4. The fourth-order valence-electron chi connectivity index (χ4n) is 3.50. The number of benzene rings is 1. The molecule has 7 nitrogen and oxygen atoms in total. The van der Waals surface area contributed by atoms with Crippen LogP contribution in [0.2, 0.25) is 0 Å². The number of nitrogens with zero attached hydrogens (tertiary/aromatic N) is 1. The Morgan fingerprint density at radius 2 is 1.66 bits per heavy atom. The summed E-state index contributed by atoms with van der Waals surface area (Å²) in [5.41, 5.74) is 1.58. The van der Waals surface area contributed by atoms with Crippen molar-refractivity contribution in [3.05, 3.63) is 41.6 Å². The van der Waals surface area contributed by atoms with Gasteiger partial charge in [-0.3, -0.25) is 4.79 Å². The Morgan fingerprint density at radius 1 is 1.00 bits per heavy atom. The molecule has 156 valence electrons. The van der Waals surface area contributed by atoms with Gasteiger partial charge in [-0.25, -0.2) is 4.98 Å². The number of methoxy groups -OCH3 is 3. The highest BCUT2D eigenvalue weighted by atomic mass is 16.5. The summed E-state index contributed by atoms with van der Waals surface area (Å²) < 4.78 is 21.9. The van der Waals surface area contributed by atoms with Crippen LogP contribution in [0, 0.1) is 6.92 Å². The predicted octanol–water partition coefficient (Wildman–Crippen LogP) is 3.54. The summed E-state index contributed by atoms with van der Waals surface area (Å²) in [7, 11) is 4.60. The van der Waals surface area contributed by atoms with Crippen molar-refractivity contribution in [3.63, 3.8) is 0 Å². The third kappa shape index (κ3) is 5.10. The third-order valence-corrected chi connectivity index (χ3v) is 5.11. The molecule has 0 atom stereocenters. The Morgan fingerprint density at radius 3 is 2.17 bits per heavy atom. The molecule has 3 rings (SSSR count). The average Bonchev–Trinajstić information content (AvgIpc) is 2.75. The van der Waals surface area contributed by atoms with Crippen LogP contribution < -0.4 is 24.3 Å². The van der Waals surface area contributed by atoms with E-state index >= 15 is 0 Å². The molecule has 1 heterocycles. The van der Waals surface area contributed by atoms with Gasteiger partial charge < -0.3 is 24.3 Å². The molecule has 1 aliphatic carbocycles. The number of amides is 1. The van der Waals surface area contributed by atoms with Gasteiger partial charge in [-0.05, 0) is 50.3 Å². The molecule has 2 aromatic rings. The number of carbonyl (C=O) groups excluding carboxylic acids is 1. The van der Waals surface area contributed by atoms with E-state index in [-0.39, 0.29) is 18.1 Å². The lowest BCUT2D eigenvalue weighted by molar-refractivity contribution is 0.0889. The number of aryl methyl sites for hydroxylation is 1. The molecule has 1 fully saturated rings. The van der Waals surface area contributed by atoms with Gasteiger partial charge >= 0.3 is 0 Å². The Hall–Kier alpha value is -2.96. The molecule has 0 aliphatic heterocycles. The molecule has 1 N–H and O–H groups in total. The maximum atomic E-state index is 12.7. The van der Waals surface area contributed by atoms with Crippen molar-refractivity contribution in [1.29, 1.82) is 0 Å². The zero-order valence-corrected chi connectivity index (χ0v) is 17.4. The Labute approximate surface area is 171 Å². The van der Waals surface area contributed by atoms with Gasteiger partial charge in [0.1, 0.15) is 6.10 Å². The summed E-state index contributed by atoms with van der Waals surface area (Å²) >= 11 is 0. The van der Waals surface area contributed by atoms with E-state index in [2.05, 4.69) is 10.3 Å². The van der Waals surface area contributed by atoms with Gasteiger partial charge in [0, 0.05) is 23.9 Å². The van der Waals surface area contributed by atoms with E-state index < -0.39 is 0 Å². The van der Waals surface area contributed by atoms with E-state index in [0.29, 0.717) is 28.7 Å². The second kappa shape index (κ2) is 9.49. The minimum Gasteiger partial charge on any atom is -0.493 e. The average molecular weight is 400 g/mol. The van der Waals surface area contributed by atoms with Crippen LogP contribution in [-0.4, -0.2) is 44.4 Å². The molecule has 1 saturated carbocycles. The lowest BCUT2D eigenvalue weighted by Gasteiger charge is -2.29. The smallest absolute Gasteiger partial charge is 0.251 e. The summed E-state index contributed by atoms with van der Waals surface area (Å²) in [6.07, 6.45) is 5.38. The quantitative estimate of drug-likeness (QED) is 0.766. The first-order chi connectivity index (χ1) is 14.0. The standard InChI is InChI=1S/C22H28N2O5/c1-14-5-10-20(23-13-14)29-17-8-6-16(7-9-17)24-22(25)15-11-18(26-2)21(28-4)19(12-15)27-3/h5,10-13,16-17H,6-9H2,1-4H3,(H,24,25). The van der Waals surface area contributed by atoms with Crippen molar-refractivity contribution in [2.45, 2.75) is 44.8 Å². The van der Waals surface area contributed by atoms with Crippen LogP contribution >= 0.6 is 0 Å². The van der Waals surface area contributed by atoms with Crippen molar-refractivity contribution in [2.75, 3.05) is 21.3 Å². The maximum absolute atomic E-state index is 12.7. The zero-order valence-electron chi connectivity index (χ0n) is 17.4. The van der Waals surface area contributed by atoms with Crippen LogP contribution in [0.1, 0.15) is 41.6 Å². The largest absolute Gasteiger partial charge is 0.493 e. The zero-order chi connectivity index (χ0) is 20.8. The molecule has 1 aliphatic rings. The number of rotatable bonds is 7. The molecule has 0 spiro atoms. The lowest BCUT2D eigenvalue weighted by atomic mass is 9.92. The Kier molecular flexibility index (Phi) is 6.80. The van der Waals surface area contributed by atoms with Gasteiger partial charge in [-0.15, -0.1) is 0 Å². The van der Waals surface area contributed by atoms with E-state index in [0.717, 1.165) is 31.2 Å². The topological polar surface area (TPSA) is 78.9 Å². The molecule has 1 aromatic carbocycles. The van der Waals surface area contributed by atoms with Crippen LogP contribution in [0.5, 0.6) is 23.1 Å². The fraction of sp³-hybridized carbons (Fsp3) is 0.455. The van der Waals surface area contributed by atoms with E-state index in [9.17, 15) is 4.79 Å². The molecular weight excluding hydrogens is 372 g/mol. The first-order valence-electron chi connectivity index (χ1n) is 9.74. The van der Waals surface area contributed by atoms with Crippen LogP contribution in [-0.2, 0) is 0 Å². The number of hydrogen-bond acceptors (Lipinski definition) is 6. The van der Waals surface area contributed by atoms with E-state index in [1.165, 1.54) is 21.3 Å². The van der Waals surface area contributed by atoms with Gasteiger partial charge in [-0.1, -0.05) is 6.07 Å². The van der Waals surface area contributed by atoms with Crippen molar-refractivity contribution in [1.82, 2.24) is 10.3 Å². The molecule has 0 radical (unpaired) electrons. The minimum absolute atomic E-state index is 0.104. The third-order valence-electron chi connectivity index (χ3n) is 5.11. The van der Waals surface area contributed by atoms with Crippen LogP contribution in [0.25, 0.3) is 0 Å². The maximum Gasteiger partial charge on any atom is 0.251 e. The summed E-state index contributed by atoms with van der Waals surface area (Å²) in [6, 6.07) is 7.31. The van der Waals surface area contributed by atoms with Gasteiger partial charge in [0.2, 0.25) is 11.6 Å². The summed E-state index contributed by atoms with van der Waals surface area (Å²) in [5.74, 6) is 1.88. The number of nitrogens with one attached hydrogen (secondary N) is 1. The van der Waals surface area contributed by atoms with Crippen LogP contribution in [0.4, 0.5) is 0 Å². The summed E-state index contributed by atoms with van der Waals surface area (Å²) in [4.78, 5) is 17.0. The molecule has 1 aromatic heterocycles. The Bertz CT molecular complexity index is 805. The van der Waals surface area contributed by atoms with E-state index in [1.54, 1.807) is 18.3 Å². The highest BCUT2D eigenvalue weighted by Crippen LogP contribution is 2.38. The van der Waals surface area contributed by atoms with Gasteiger partial charge in [0.15, 0.2) is 11.5 Å². The molecule has 7 heteroatoms. The lowest BCUT2D eigenvalue weighted by Crippen LogP contribution is -2.39. The monoisotopic (exact) mass is 400 g/mol. The van der Waals surface area contributed by atoms with Crippen molar-refractivity contribution in [3.8, 4) is 23.1 Å². The van der Waals surface area contributed by atoms with Gasteiger partial charge in [0.25, 0.3) is 5.91 Å². The normalized spacial score (nSPS) is 18.6. The number of pyridine rings is 1. The van der Waals surface area contributed by atoms with E-state index in [1.807, 2.05) is 19.1 Å². The molecule has 1 amide bonds. The first kappa shape index (κ1) is 20.8. The van der Waals surface area contributed by atoms with E-state index in [4.69, 9.17) is 18.9 Å². The number of carbonyl (C=O) groups is 1. The highest BCUT2D eigenvalue weighted by Gasteiger charge is 2.25. The van der Waals surface area contributed by atoms with Crippen molar-refractivity contribution < 1.29 is 23.7 Å². The van der Waals surface area contributed by atoms with Crippen molar-refractivity contribution >= 4 is 5.91 Å². The minimum atomic E-state index is -0.158. The van der Waals surface area contributed by atoms with Gasteiger partial charge in [-0.2, -0.15) is 0 Å². The molecule has 0 saturated heterocycles. The molecule has 29 heavy (non-hydrogen) atoms. The molecule has 0 unspecified atom stereocenters. The second-order valence-electron chi connectivity index (χ2n) is 7.15. The highest BCUT2D eigenvalue weighted by molar-refractivity contribution is 5.95. The SMILES string of the molecule is COc1cc(C(=O)NC2CCC(Oc3ccc(C)cn3)CC2)cc(OC)c1OC. The first-order valence-corrected chi connectivity index (χ1v) is 9.74. The number of aromatic nitrogens is 1. The second-order valence-corrected chi connectivity index (χ2v) is 7.15. The summed E-state index contributed by atoms with van der Waals surface area (Å²) in [6.45, 7) is 2.00. The number of hydrogen-bond donors (Lipinski definition) is 1. The van der Waals surface area contributed by atoms with Crippen LogP contribution in [0.3, 0.4) is 0 Å². The molecule has 0 bridgehead atoms. The molecular formula is C22H28N2O5. The summed E-state index contributed by atoms with van der Waals surface area (Å²) in [5, 5.41) is 3.11. The predicted molar refractivity (Wildman–Crippen MR) is 109 cm³/mol. The van der Waals surface area contributed by atoms with Gasteiger partial charge in [0.05, 0.1) is 21.3 Å². The fourth-order valence-corrected chi connectivity index (χ4v) is 3.50. The Balaban J connectivity index is 1.57. The van der Waals surface area contributed by atoms with Crippen LogP contribution in [0.15, 0.2) is 30.5 Å². The van der Waals surface area contributed by atoms with Crippen molar-refractivity contribution in [2.24, 2.45) is 0 Å².